The number of carbonyl (C=O) groups excluding carboxylic acids is 6. The predicted octanol–water partition coefficient (Wildman–Crippen LogP) is 2.07. The number of benzene rings is 2. The van der Waals surface area contributed by atoms with Crippen LogP contribution in [0.4, 0.5) is 23.0 Å². The summed E-state index contributed by atoms with van der Waals surface area (Å²) in [5.74, 6) is -1.73. The number of primary amides is 1. The summed E-state index contributed by atoms with van der Waals surface area (Å²) in [6.45, 7) is 7.06. The highest BCUT2D eigenvalue weighted by Gasteiger charge is 2.46. The van der Waals surface area contributed by atoms with Crippen molar-refractivity contribution in [3.05, 3.63) is 58.9 Å². The minimum atomic E-state index is -1.10. The number of anilines is 4. The molecule has 19 heteroatoms. The number of amides is 6. The number of ether oxygens (including phenoxy) is 3. The van der Waals surface area contributed by atoms with E-state index in [-0.39, 0.29) is 59.8 Å². The molecule has 4 saturated heterocycles. The fourth-order valence-corrected chi connectivity index (χ4v) is 8.92. The summed E-state index contributed by atoms with van der Waals surface area (Å²) in [5, 5.41) is 8.95. The van der Waals surface area contributed by atoms with Crippen molar-refractivity contribution in [2.75, 3.05) is 81.7 Å². The van der Waals surface area contributed by atoms with Crippen LogP contribution < -0.4 is 36.1 Å². The van der Waals surface area contributed by atoms with Gasteiger partial charge in [-0.3, -0.25) is 43.9 Å². The lowest BCUT2D eigenvalue weighted by molar-refractivity contribution is -0.136. The first-order valence-corrected chi connectivity index (χ1v) is 21.3. The van der Waals surface area contributed by atoms with E-state index in [0.717, 1.165) is 49.4 Å². The molecule has 0 aliphatic carbocycles. The number of aryl methyl sites for hydroxylation is 1. The third-order valence-corrected chi connectivity index (χ3v) is 12.3. The number of nitrogens with one attached hydrogen (secondary N) is 3. The van der Waals surface area contributed by atoms with Gasteiger partial charge in [-0.2, -0.15) is 0 Å². The van der Waals surface area contributed by atoms with Crippen molar-refractivity contribution < 1.29 is 43.0 Å². The average molecular weight is 853 g/mol. The molecular weight excluding hydrogens is 801 g/mol. The number of methoxy groups -OCH3 is 1. The Balaban J connectivity index is 0.835. The average Bonchev–Trinajstić information content (AvgIpc) is 3.54. The van der Waals surface area contributed by atoms with Crippen LogP contribution in [-0.2, 0) is 25.5 Å². The van der Waals surface area contributed by atoms with Crippen LogP contribution in [0.5, 0.6) is 11.5 Å². The standard InChI is InChI=1S/C43H52N10O9/c1-3-29-39(45-25-13-21-61-22-14-25)49-40(37(47-29)38(44)56)46-26-7-8-30(33(23-26)60-2)51-15-11-27(12-16-51)50-17-19-52(20-18-50)35(55)24-62-32-6-4-5-28-36(32)43(59)53(42(28)58)31-9-10-34(54)48-41(31)57/h4-8,23,25,27,31H,3,9-22,24H2,1-2H3,(H2,44,56)(H2,45,46,49)(H,48,54,57). The van der Waals surface area contributed by atoms with Crippen LogP contribution in [0.3, 0.4) is 0 Å². The maximum absolute atomic E-state index is 13.4. The van der Waals surface area contributed by atoms with E-state index in [4.69, 9.17) is 24.9 Å². The molecule has 0 spiro atoms. The number of piperidine rings is 2. The van der Waals surface area contributed by atoms with E-state index in [1.54, 1.807) is 18.1 Å². The SMILES string of the molecule is CCc1nc(C(N)=O)c(Nc2ccc(N3CCC(N4CCN(C(=O)COc5cccc6c5C(=O)N(C5CCC(=O)NC5=O)C6=O)CC4)CC3)c(OC)c2)nc1NC1CCOCC1. The van der Waals surface area contributed by atoms with Crippen LogP contribution in [0.2, 0.25) is 0 Å². The van der Waals surface area contributed by atoms with Crippen LogP contribution in [-0.4, -0.2) is 144 Å². The van der Waals surface area contributed by atoms with Gasteiger partial charge in [0.15, 0.2) is 23.9 Å². The molecule has 0 radical (unpaired) electrons. The first-order valence-electron chi connectivity index (χ1n) is 21.3. The molecule has 3 aromatic rings. The third-order valence-electron chi connectivity index (χ3n) is 12.3. The number of fused-ring (bicyclic) bond motifs is 1. The van der Waals surface area contributed by atoms with E-state index >= 15 is 0 Å². The maximum atomic E-state index is 13.4. The van der Waals surface area contributed by atoms with Crippen molar-refractivity contribution in [1.29, 1.82) is 0 Å². The van der Waals surface area contributed by atoms with Gasteiger partial charge in [0.1, 0.15) is 17.5 Å². The summed E-state index contributed by atoms with van der Waals surface area (Å²) in [5.41, 5.74) is 8.22. The molecule has 4 fully saturated rings. The molecule has 6 heterocycles. The molecule has 5 aliphatic heterocycles. The van der Waals surface area contributed by atoms with Crippen molar-refractivity contribution in [3.63, 3.8) is 0 Å². The molecular formula is C43H52N10O9. The monoisotopic (exact) mass is 852 g/mol. The number of rotatable bonds is 13. The zero-order chi connectivity index (χ0) is 43.5. The minimum absolute atomic E-state index is 0.00980. The van der Waals surface area contributed by atoms with Crippen LogP contribution in [0.1, 0.15) is 82.3 Å². The number of aromatic nitrogens is 2. The van der Waals surface area contributed by atoms with Crippen LogP contribution in [0, 0.1) is 0 Å². The topological polar surface area (TPSA) is 231 Å². The second kappa shape index (κ2) is 18.3. The second-order valence-electron chi connectivity index (χ2n) is 16.0. The summed E-state index contributed by atoms with van der Waals surface area (Å²) in [6.07, 6.45) is 4.18. The van der Waals surface area contributed by atoms with Gasteiger partial charge in [-0.1, -0.05) is 13.0 Å². The predicted molar refractivity (Wildman–Crippen MR) is 226 cm³/mol. The Morgan fingerprint density at radius 1 is 0.903 bits per heavy atom. The third kappa shape index (κ3) is 8.72. The maximum Gasteiger partial charge on any atom is 0.271 e. The van der Waals surface area contributed by atoms with Gasteiger partial charge in [-0.05, 0) is 62.8 Å². The fraction of sp³-hybridized carbons (Fsp3) is 0.488. The Morgan fingerprint density at radius 3 is 2.35 bits per heavy atom. The minimum Gasteiger partial charge on any atom is -0.495 e. The Labute approximate surface area is 358 Å². The number of imide groups is 2. The second-order valence-corrected chi connectivity index (χ2v) is 16.0. The van der Waals surface area contributed by atoms with Crippen molar-refractivity contribution >= 4 is 58.5 Å². The lowest BCUT2D eigenvalue weighted by Crippen LogP contribution is -2.55. The van der Waals surface area contributed by atoms with Gasteiger partial charge in [-0.15, -0.1) is 0 Å². The zero-order valence-corrected chi connectivity index (χ0v) is 34.9. The smallest absolute Gasteiger partial charge is 0.271 e. The highest BCUT2D eigenvalue weighted by Crippen LogP contribution is 2.36. The van der Waals surface area contributed by atoms with Gasteiger partial charge in [0, 0.05) is 82.7 Å². The summed E-state index contributed by atoms with van der Waals surface area (Å²) in [7, 11) is 1.63. The molecule has 8 rings (SSSR count). The van der Waals surface area contributed by atoms with Crippen LogP contribution in [0.15, 0.2) is 36.4 Å². The lowest BCUT2D eigenvalue weighted by Gasteiger charge is -2.43. The molecule has 1 unspecified atom stereocenters. The normalized spacial score (nSPS) is 20.2. The highest BCUT2D eigenvalue weighted by molar-refractivity contribution is 6.24. The Kier molecular flexibility index (Phi) is 12.5. The van der Waals surface area contributed by atoms with Gasteiger partial charge in [0.2, 0.25) is 11.8 Å². The van der Waals surface area contributed by atoms with Crippen molar-refractivity contribution in [3.8, 4) is 11.5 Å². The number of carbonyl (C=O) groups is 6. The molecule has 19 nitrogen and oxygen atoms in total. The lowest BCUT2D eigenvalue weighted by atomic mass is 10.0. The Hall–Kier alpha value is -6.34. The molecule has 5 aliphatic rings. The van der Waals surface area contributed by atoms with E-state index < -0.39 is 35.6 Å². The molecule has 2 aromatic carbocycles. The summed E-state index contributed by atoms with van der Waals surface area (Å²) >= 11 is 0. The number of piperazine rings is 1. The van der Waals surface area contributed by atoms with Gasteiger partial charge in [0.05, 0.1) is 29.6 Å². The molecule has 1 atom stereocenters. The van der Waals surface area contributed by atoms with Crippen LogP contribution >= 0.6 is 0 Å². The van der Waals surface area contributed by atoms with Crippen molar-refractivity contribution in [2.24, 2.45) is 5.73 Å². The number of nitrogens with zero attached hydrogens (tertiary/aromatic N) is 6. The molecule has 6 amide bonds. The highest BCUT2D eigenvalue weighted by atomic mass is 16.5. The van der Waals surface area contributed by atoms with E-state index in [1.807, 2.05) is 25.1 Å². The Morgan fingerprint density at radius 2 is 1.66 bits per heavy atom. The molecule has 62 heavy (non-hydrogen) atoms. The van der Waals surface area contributed by atoms with Crippen molar-refractivity contribution in [1.82, 2.24) is 30.0 Å². The van der Waals surface area contributed by atoms with E-state index in [1.165, 1.54) is 12.1 Å². The molecule has 0 bridgehead atoms. The molecule has 0 saturated carbocycles. The Bertz CT molecular complexity index is 2250. The summed E-state index contributed by atoms with van der Waals surface area (Å²) < 4.78 is 17.2. The van der Waals surface area contributed by atoms with E-state index in [0.29, 0.717) is 74.8 Å². The molecule has 328 valence electrons. The summed E-state index contributed by atoms with van der Waals surface area (Å²) in [4.78, 5) is 93.3. The van der Waals surface area contributed by atoms with Gasteiger partial charge in [-0.25, -0.2) is 9.97 Å². The van der Waals surface area contributed by atoms with Crippen LogP contribution in [0.25, 0.3) is 0 Å². The number of hydrogen-bond acceptors (Lipinski definition) is 15. The largest absolute Gasteiger partial charge is 0.495 e. The number of hydrogen-bond donors (Lipinski definition) is 4. The molecule has 5 N–H and O–H groups in total. The zero-order valence-electron chi connectivity index (χ0n) is 34.9. The van der Waals surface area contributed by atoms with Crippen molar-refractivity contribution in [2.45, 2.75) is 70.0 Å². The fourth-order valence-electron chi connectivity index (χ4n) is 8.92. The number of nitrogens with two attached hydrogens (primary N) is 1. The first-order chi connectivity index (χ1) is 30.0. The van der Waals surface area contributed by atoms with Gasteiger partial charge < -0.3 is 40.4 Å². The first kappa shape index (κ1) is 42.4. The van der Waals surface area contributed by atoms with Gasteiger partial charge >= 0.3 is 0 Å². The summed E-state index contributed by atoms with van der Waals surface area (Å²) in [6, 6.07) is 9.82. The van der Waals surface area contributed by atoms with E-state index in [2.05, 4.69) is 30.7 Å². The van der Waals surface area contributed by atoms with Gasteiger partial charge in [0.25, 0.3) is 23.6 Å². The quantitative estimate of drug-likeness (QED) is 0.181. The van der Waals surface area contributed by atoms with E-state index in [9.17, 15) is 28.8 Å². The molecule has 1 aromatic heterocycles.